The van der Waals surface area contributed by atoms with E-state index in [0.29, 0.717) is 56.3 Å². The highest BCUT2D eigenvalue weighted by molar-refractivity contribution is 7.91. The standard InChI is InChI=1S/C50H70N6O8S2/c1-31(2)24-34-26-33-18-15-20-38(44-51-36(30-65-44)25-32-16-11-10-12-17-32)41(33)53-43(34)63-37-27-40-42(57)54-50(46(59)55-66(61,62)49(6)22-23-49)28-35(50)19-13-8-7-9-14-21-39(45(58)56(40)29-37)52-47(60)64-48(3,4)5/h13,15,18-20,30-32,34-35,37,39-40H,7-12,14,16-17,21-29H2,1-6H3,(H,52,60)(H,54,57)(H,55,59). The van der Waals surface area contributed by atoms with Crippen molar-refractivity contribution in [2.24, 2.45) is 28.7 Å². The normalized spacial score (nSPS) is 28.1. The van der Waals surface area contributed by atoms with Crippen LogP contribution in [-0.2, 0) is 46.7 Å². The number of rotatable bonds is 10. The highest BCUT2D eigenvalue weighted by atomic mass is 32.2. The first-order chi connectivity index (χ1) is 31.3. The molecule has 6 atom stereocenters. The van der Waals surface area contributed by atoms with E-state index in [1.54, 1.807) is 39.0 Å². The Labute approximate surface area is 395 Å². The van der Waals surface area contributed by atoms with Crippen LogP contribution in [0, 0.1) is 23.7 Å². The first kappa shape index (κ1) is 48.2. The van der Waals surface area contributed by atoms with Gasteiger partial charge in [-0.05, 0) is 109 Å². The fraction of sp³-hybridized carbons (Fsp3) is 0.680. The molecule has 1 saturated heterocycles. The minimum atomic E-state index is -4.00. The van der Waals surface area contributed by atoms with Crippen molar-refractivity contribution in [3.63, 3.8) is 0 Å². The van der Waals surface area contributed by atoms with Gasteiger partial charge in [-0.2, -0.15) is 0 Å². The third-order valence-corrected chi connectivity index (χ3v) is 17.5. The number of aliphatic imine (C=N–C) groups is 1. The van der Waals surface area contributed by atoms with Crippen molar-refractivity contribution in [1.29, 1.82) is 0 Å². The molecule has 6 aliphatic rings. The average Bonchev–Trinajstić information content (AvgIpc) is 4.04. The molecule has 16 heteroatoms. The second-order valence-corrected chi connectivity index (χ2v) is 24.6. The van der Waals surface area contributed by atoms with Gasteiger partial charge >= 0.3 is 6.09 Å². The third-order valence-electron chi connectivity index (χ3n) is 14.4. The topological polar surface area (TPSA) is 185 Å². The van der Waals surface area contributed by atoms with Crippen molar-refractivity contribution in [3.05, 3.63) is 47.0 Å². The van der Waals surface area contributed by atoms with Gasteiger partial charge in [0.25, 0.3) is 5.91 Å². The van der Waals surface area contributed by atoms with Crippen molar-refractivity contribution < 1.29 is 37.1 Å². The largest absolute Gasteiger partial charge is 0.475 e. The monoisotopic (exact) mass is 946 g/mol. The minimum absolute atomic E-state index is 0.0254. The van der Waals surface area contributed by atoms with Crippen LogP contribution in [0.25, 0.3) is 10.6 Å². The van der Waals surface area contributed by atoms with E-state index in [1.165, 1.54) is 37.0 Å². The number of carbonyl (C=O) groups excluding carboxylic acids is 4. The van der Waals surface area contributed by atoms with Crippen LogP contribution >= 0.6 is 11.3 Å². The number of ether oxygens (including phenoxy) is 2. The van der Waals surface area contributed by atoms with Crippen LogP contribution in [0.3, 0.4) is 0 Å². The Hall–Kier alpha value is -4.31. The van der Waals surface area contributed by atoms with E-state index >= 15 is 0 Å². The molecule has 4 fully saturated rings. The second kappa shape index (κ2) is 19.4. The van der Waals surface area contributed by atoms with Crippen LogP contribution in [0.5, 0.6) is 0 Å². The quantitative estimate of drug-likeness (QED) is 0.197. The van der Waals surface area contributed by atoms with Crippen molar-refractivity contribution in [2.45, 2.75) is 185 Å². The van der Waals surface area contributed by atoms with Crippen LogP contribution in [0.1, 0.15) is 149 Å². The van der Waals surface area contributed by atoms with E-state index in [9.17, 15) is 27.6 Å². The van der Waals surface area contributed by atoms with Crippen molar-refractivity contribution in [1.82, 2.24) is 25.2 Å². The van der Waals surface area contributed by atoms with E-state index in [0.717, 1.165) is 53.2 Å². The van der Waals surface area contributed by atoms with Gasteiger partial charge in [0.2, 0.25) is 21.8 Å². The molecule has 6 unspecified atom stereocenters. The van der Waals surface area contributed by atoms with E-state index in [4.69, 9.17) is 19.5 Å². The molecular weight excluding hydrogens is 877 g/mol. The molecule has 3 saturated carbocycles. The lowest BCUT2D eigenvalue weighted by atomic mass is 9.86. The number of benzene rings is 1. The molecule has 4 heterocycles. The predicted octanol–water partition coefficient (Wildman–Crippen LogP) is 8.45. The van der Waals surface area contributed by atoms with Gasteiger partial charge in [-0.1, -0.05) is 83.1 Å². The molecule has 1 aromatic carbocycles. The van der Waals surface area contributed by atoms with Crippen molar-refractivity contribution in [2.75, 3.05) is 6.54 Å². The summed E-state index contributed by atoms with van der Waals surface area (Å²) in [6, 6.07) is 4.17. The highest BCUT2D eigenvalue weighted by Gasteiger charge is 2.63. The van der Waals surface area contributed by atoms with Crippen molar-refractivity contribution >= 4 is 56.8 Å². The number of thiazole rings is 1. The summed E-state index contributed by atoms with van der Waals surface area (Å²) in [6.07, 6.45) is 15.8. The molecule has 2 aromatic rings. The second-order valence-electron chi connectivity index (χ2n) is 21.5. The van der Waals surface area contributed by atoms with Gasteiger partial charge in [-0.3, -0.25) is 19.1 Å². The zero-order chi connectivity index (χ0) is 47.0. The molecule has 66 heavy (non-hydrogen) atoms. The molecule has 3 aliphatic heterocycles. The van der Waals surface area contributed by atoms with Crippen molar-refractivity contribution in [3.8, 4) is 10.6 Å². The Morgan fingerprint density at radius 1 is 1.05 bits per heavy atom. The minimum Gasteiger partial charge on any atom is -0.475 e. The molecule has 360 valence electrons. The smallest absolute Gasteiger partial charge is 0.408 e. The number of allylic oxidation sites excluding steroid dienone is 1. The summed E-state index contributed by atoms with van der Waals surface area (Å²) in [7, 11) is -4.00. The summed E-state index contributed by atoms with van der Waals surface area (Å²) < 4.78 is 40.5. The van der Waals surface area contributed by atoms with Gasteiger partial charge in [0, 0.05) is 29.2 Å². The number of fused-ring (bicyclic) bond motifs is 3. The number of para-hydroxylation sites is 1. The molecule has 3 N–H and O–H groups in total. The van der Waals surface area contributed by atoms with Crippen LogP contribution in [0.2, 0.25) is 0 Å². The van der Waals surface area contributed by atoms with E-state index in [1.807, 2.05) is 12.2 Å². The third kappa shape index (κ3) is 11.0. The average molecular weight is 947 g/mol. The summed E-state index contributed by atoms with van der Waals surface area (Å²) in [6.45, 7) is 11.2. The summed E-state index contributed by atoms with van der Waals surface area (Å²) >= 11 is 1.64. The number of nitrogens with zero attached hydrogens (tertiary/aromatic N) is 3. The Balaban J connectivity index is 1.10. The molecule has 3 aliphatic carbocycles. The fourth-order valence-corrected chi connectivity index (χ4v) is 12.4. The molecule has 4 amide bonds. The van der Waals surface area contributed by atoms with Crippen LogP contribution in [0.15, 0.2) is 40.7 Å². The molecule has 0 spiro atoms. The summed E-state index contributed by atoms with van der Waals surface area (Å²) in [5.74, 6) is -0.771. The Morgan fingerprint density at radius 3 is 2.52 bits per heavy atom. The highest BCUT2D eigenvalue weighted by Crippen LogP contribution is 2.48. The molecule has 8 rings (SSSR count). The van der Waals surface area contributed by atoms with E-state index in [2.05, 4.69) is 52.8 Å². The van der Waals surface area contributed by atoms with Gasteiger partial charge in [0.15, 0.2) is 5.90 Å². The summed E-state index contributed by atoms with van der Waals surface area (Å²) in [5, 5.41) is 8.89. The molecule has 0 radical (unpaired) electrons. The molecule has 1 aromatic heterocycles. The Bertz CT molecular complexity index is 2330. The van der Waals surface area contributed by atoms with E-state index in [-0.39, 0.29) is 25.3 Å². The van der Waals surface area contributed by atoms with Gasteiger partial charge in [-0.15, -0.1) is 11.3 Å². The van der Waals surface area contributed by atoms with Crippen LogP contribution in [-0.4, -0.2) is 88.6 Å². The number of hydrogen-bond donors (Lipinski definition) is 3. The Kier molecular flexibility index (Phi) is 14.1. The number of carbonyl (C=O) groups is 4. The predicted molar refractivity (Wildman–Crippen MR) is 256 cm³/mol. The van der Waals surface area contributed by atoms with Crippen LogP contribution in [0.4, 0.5) is 10.5 Å². The zero-order valence-electron chi connectivity index (χ0n) is 39.7. The fourth-order valence-electron chi connectivity index (χ4n) is 10.3. The molecule has 14 nitrogen and oxygen atoms in total. The maximum atomic E-state index is 14.9. The van der Waals surface area contributed by atoms with Gasteiger partial charge in [0.1, 0.15) is 34.3 Å². The summed E-state index contributed by atoms with van der Waals surface area (Å²) in [4.78, 5) is 68.9. The Morgan fingerprint density at radius 2 is 1.79 bits per heavy atom. The lowest BCUT2D eigenvalue weighted by Gasteiger charge is -2.30. The number of amides is 4. The maximum absolute atomic E-state index is 14.9. The maximum Gasteiger partial charge on any atom is 0.408 e. The van der Waals surface area contributed by atoms with Gasteiger partial charge < -0.3 is 25.0 Å². The first-order valence-electron chi connectivity index (χ1n) is 24.5. The number of hydrogen-bond acceptors (Lipinski definition) is 11. The number of sulfonamides is 1. The SMILES string of the molecule is CC(C)CC1Cc2cccc(-c3nc(CC4CCCCC4)cs3)c2N=C1OC1CC2C(=O)NC3(C(=O)NS(=O)(=O)C4(C)CC4)CC3C=CCCCCCC(NC(=O)OC(C)(C)C)C(=O)N2C1. The lowest BCUT2D eigenvalue weighted by Crippen LogP contribution is -2.58. The lowest BCUT2D eigenvalue weighted by molar-refractivity contribution is -0.141. The number of alkyl carbamates (subject to hydrolysis) is 1. The molecule has 0 bridgehead atoms. The van der Waals surface area contributed by atoms with E-state index < -0.39 is 73.8 Å². The van der Waals surface area contributed by atoms with Gasteiger partial charge in [-0.25, -0.2) is 23.2 Å². The molecular formula is C50H70N6O8S2. The zero-order valence-corrected chi connectivity index (χ0v) is 41.3. The van der Waals surface area contributed by atoms with Crippen LogP contribution < -0.4 is 15.4 Å². The van der Waals surface area contributed by atoms with Gasteiger partial charge in [0.05, 0.1) is 22.7 Å². The first-order valence-corrected chi connectivity index (χ1v) is 26.9. The summed E-state index contributed by atoms with van der Waals surface area (Å²) in [5.41, 5.74) is 1.69. The number of aromatic nitrogens is 1. The number of nitrogens with one attached hydrogen (secondary N) is 3.